The number of ether oxygens (including phenoxy) is 1. The minimum Gasteiger partial charge on any atom is -0.497 e. The largest absolute Gasteiger partial charge is 0.497 e. The van der Waals surface area contributed by atoms with E-state index in [0.717, 1.165) is 54.5 Å². The summed E-state index contributed by atoms with van der Waals surface area (Å²) in [5.74, 6) is 0.861. The molecule has 172 valence electrons. The van der Waals surface area contributed by atoms with Crippen LogP contribution in [0.1, 0.15) is 37.2 Å². The summed E-state index contributed by atoms with van der Waals surface area (Å²) in [6.45, 7) is 8.25. The van der Waals surface area contributed by atoms with Gasteiger partial charge >= 0.3 is 0 Å². The third kappa shape index (κ3) is 4.38. The normalized spacial score (nSPS) is 17.8. The molecule has 1 atom stereocenters. The van der Waals surface area contributed by atoms with Crippen LogP contribution in [-0.2, 0) is 6.54 Å². The summed E-state index contributed by atoms with van der Waals surface area (Å²) in [6, 6.07) is 15.1. The summed E-state index contributed by atoms with van der Waals surface area (Å²) in [5.41, 5.74) is 5.63. The average Bonchev–Trinajstić information content (AvgIpc) is 3.47. The van der Waals surface area contributed by atoms with Gasteiger partial charge in [-0.05, 0) is 62.9 Å². The first-order chi connectivity index (χ1) is 16.0. The van der Waals surface area contributed by atoms with E-state index in [-0.39, 0.29) is 6.04 Å². The van der Waals surface area contributed by atoms with Crippen LogP contribution in [0.25, 0.3) is 16.9 Å². The molecule has 1 aliphatic heterocycles. The van der Waals surface area contributed by atoms with E-state index in [1.54, 1.807) is 7.11 Å². The number of benzene rings is 1. The third-order valence-corrected chi connectivity index (χ3v) is 6.56. The predicted molar refractivity (Wildman–Crippen MR) is 130 cm³/mol. The number of fused-ring (bicyclic) bond motifs is 1. The quantitative estimate of drug-likeness (QED) is 0.444. The number of likely N-dealkylation sites (N-methyl/N-ethyl adjacent to an activating group) is 1. The Kier molecular flexibility index (Phi) is 5.91. The van der Waals surface area contributed by atoms with Crippen molar-refractivity contribution in [2.75, 3.05) is 33.8 Å². The molecule has 4 heterocycles. The van der Waals surface area contributed by atoms with Gasteiger partial charge in [-0.1, -0.05) is 6.07 Å². The molecule has 0 amide bonds. The minimum atomic E-state index is 0.252. The predicted octanol–water partition coefficient (Wildman–Crippen LogP) is 4.28. The number of hydrogen-bond donors (Lipinski definition) is 0. The lowest BCUT2D eigenvalue weighted by molar-refractivity contribution is 0.0885. The van der Waals surface area contributed by atoms with Crippen LogP contribution in [0.4, 0.5) is 0 Å². The second kappa shape index (κ2) is 9.00. The average molecular weight is 445 g/mol. The summed E-state index contributed by atoms with van der Waals surface area (Å²) in [4.78, 5) is 9.96. The van der Waals surface area contributed by atoms with Gasteiger partial charge in [0.2, 0.25) is 0 Å². The fourth-order valence-corrected chi connectivity index (χ4v) is 4.58. The van der Waals surface area contributed by atoms with Gasteiger partial charge in [-0.3, -0.25) is 18.9 Å². The number of rotatable bonds is 6. The van der Waals surface area contributed by atoms with Crippen molar-refractivity contribution >= 4 is 5.65 Å². The lowest BCUT2D eigenvalue weighted by atomic mass is 10.1. The van der Waals surface area contributed by atoms with Crippen LogP contribution in [0.3, 0.4) is 0 Å². The Balaban J connectivity index is 1.40. The van der Waals surface area contributed by atoms with E-state index in [1.807, 2.05) is 23.0 Å². The number of methoxy groups -OCH3 is 1. The SMILES string of the molecule is COc1ccc(-c2cccc3nc(C4CN(Cc5cnn(C(C)C)c5)CCN4C)cn23)cc1. The molecule has 4 aromatic rings. The Morgan fingerprint density at radius 1 is 1.06 bits per heavy atom. The fraction of sp³-hybridized carbons (Fsp3) is 0.385. The number of aromatic nitrogens is 4. The van der Waals surface area contributed by atoms with Crippen LogP contribution in [0.5, 0.6) is 5.75 Å². The number of pyridine rings is 1. The molecular formula is C26H32N6O. The maximum Gasteiger partial charge on any atom is 0.137 e. The minimum absolute atomic E-state index is 0.252. The lowest BCUT2D eigenvalue weighted by Crippen LogP contribution is -2.46. The van der Waals surface area contributed by atoms with Gasteiger partial charge in [-0.25, -0.2) is 4.98 Å². The number of imidazole rings is 1. The second-order valence-electron chi connectivity index (χ2n) is 9.19. The standard InChI is InChI=1S/C26H32N6O/c1-19(2)32-16-20(14-27-32)15-30-13-12-29(3)25(18-30)23-17-31-24(6-5-7-26(31)28-23)21-8-10-22(33-4)11-9-21/h5-11,14,16-17,19,25H,12-13,15,18H2,1-4H3. The van der Waals surface area contributed by atoms with Crippen molar-refractivity contribution in [1.82, 2.24) is 29.0 Å². The van der Waals surface area contributed by atoms with E-state index < -0.39 is 0 Å². The van der Waals surface area contributed by atoms with E-state index in [0.29, 0.717) is 6.04 Å². The van der Waals surface area contributed by atoms with Crippen molar-refractivity contribution in [3.8, 4) is 17.0 Å². The summed E-state index contributed by atoms with van der Waals surface area (Å²) in [7, 11) is 3.89. The zero-order valence-corrected chi connectivity index (χ0v) is 19.8. The highest BCUT2D eigenvalue weighted by molar-refractivity contribution is 5.64. The van der Waals surface area contributed by atoms with E-state index >= 15 is 0 Å². The monoisotopic (exact) mass is 444 g/mol. The molecule has 1 saturated heterocycles. The Labute approximate surface area is 195 Å². The Morgan fingerprint density at radius 2 is 1.88 bits per heavy atom. The summed E-state index contributed by atoms with van der Waals surface area (Å²) >= 11 is 0. The van der Waals surface area contributed by atoms with Gasteiger partial charge in [0.15, 0.2) is 0 Å². The van der Waals surface area contributed by atoms with Gasteiger partial charge in [0.05, 0.1) is 30.7 Å². The van der Waals surface area contributed by atoms with Gasteiger partial charge in [-0.15, -0.1) is 0 Å². The molecule has 1 aliphatic rings. The maximum atomic E-state index is 5.32. The zero-order chi connectivity index (χ0) is 22.9. The van der Waals surface area contributed by atoms with Gasteiger partial charge in [0, 0.05) is 50.2 Å². The summed E-state index contributed by atoms with van der Waals surface area (Å²) in [5, 5.41) is 4.51. The molecule has 3 aromatic heterocycles. The van der Waals surface area contributed by atoms with Crippen LogP contribution in [-0.4, -0.2) is 62.8 Å². The third-order valence-electron chi connectivity index (χ3n) is 6.56. The molecule has 7 heteroatoms. The second-order valence-corrected chi connectivity index (χ2v) is 9.19. The van der Waals surface area contributed by atoms with E-state index in [9.17, 15) is 0 Å². The Hall–Kier alpha value is -3.16. The maximum absolute atomic E-state index is 5.32. The smallest absolute Gasteiger partial charge is 0.137 e. The molecule has 1 fully saturated rings. The molecule has 0 aliphatic carbocycles. The highest BCUT2D eigenvalue weighted by Crippen LogP contribution is 2.28. The van der Waals surface area contributed by atoms with Crippen molar-refractivity contribution in [2.24, 2.45) is 0 Å². The fourth-order valence-electron chi connectivity index (χ4n) is 4.58. The number of nitrogens with zero attached hydrogens (tertiary/aromatic N) is 6. The molecule has 5 rings (SSSR count). The first-order valence-electron chi connectivity index (χ1n) is 11.6. The molecule has 0 saturated carbocycles. The van der Waals surface area contributed by atoms with Crippen LogP contribution in [0.15, 0.2) is 61.1 Å². The van der Waals surface area contributed by atoms with Crippen molar-refractivity contribution in [3.05, 3.63) is 72.3 Å². The van der Waals surface area contributed by atoms with Crippen molar-refractivity contribution in [1.29, 1.82) is 0 Å². The van der Waals surface area contributed by atoms with Gasteiger partial charge in [0.25, 0.3) is 0 Å². The highest BCUT2D eigenvalue weighted by atomic mass is 16.5. The van der Waals surface area contributed by atoms with E-state index in [4.69, 9.17) is 9.72 Å². The van der Waals surface area contributed by atoms with E-state index in [2.05, 4.69) is 82.9 Å². The molecule has 7 nitrogen and oxygen atoms in total. The van der Waals surface area contributed by atoms with Gasteiger partial charge < -0.3 is 4.74 Å². The molecule has 0 N–H and O–H groups in total. The Morgan fingerprint density at radius 3 is 2.61 bits per heavy atom. The molecule has 1 aromatic carbocycles. The van der Waals surface area contributed by atoms with Crippen molar-refractivity contribution in [3.63, 3.8) is 0 Å². The molecule has 0 spiro atoms. The molecule has 33 heavy (non-hydrogen) atoms. The summed E-state index contributed by atoms with van der Waals surface area (Å²) in [6.07, 6.45) is 6.37. The number of piperazine rings is 1. The highest BCUT2D eigenvalue weighted by Gasteiger charge is 2.28. The molecular weight excluding hydrogens is 412 g/mol. The van der Waals surface area contributed by atoms with Crippen LogP contribution < -0.4 is 4.74 Å². The lowest BCUT2D eigenvalue weighted by Gasteiger charge is -2.38. The first-order valence-corrected chi connectivity index (χ1v) is 11.6. The number of hydrogen-bond acceptors (Lipinski definition) is 5. The van der Waals surface area contributed by atoms with Gasteiger partial charge in [-0.2, -0.15) is 5.10 Å². The van der Waals surface area contributed by atoms with Crippen molar-refractivity contribution in [2.45, 2.75) is 32.5 Å². The van der Waals surface area contributed by atoms with Crippen LogP contribution >= 0.6 is 0 Å². The van der Waals surface area contributed by atoms with Crippen molar-refractivity contribution < 1.29 is 4.74 Å². The van der Waals surface area contributed by atoms with Gasteiger partial charge in [0.1, 0.15) is 11.4 Å². The van der Waals surface area contributed by atoms with Crippen LogP contribution in [0.2, 0.25) is 0 Å². The van der Waals surface area contributed by atoms with E-state index in [1.165, 1.54) is 5.56 Å². The first kappa shape index (κ1) is 21.7. The summed E-state index contributed by atoms with van der Waals surface area (Å²) < 4.78 is 9.56. The van der Waals surface area contributed by atoms with Crippen LogP contribution in [0, 0.1) is 0 Å². The molecule has 0 radical (unpaired) electrons. The molecule has 0 bridgehead atoms. The molecule has 1 unspecified atom stereocenters. The Bertz CT molecular complexity index is 1230. The topological polar surface area (TPSA) is 50.8 Å². The zero-order valence-electron chi connectivity index (χ0n) is 19.8.